The zero-order valence-electron chi connectivity index (χ0n) is 8.98. The van der Waals surface area contributed by atoms with E-state index < -0.39 is 0 Å². The van der Waals surface area contributed by atoms with Crippen LogP contribution in [0.1, 0.15) is 19.3 Å². The van der Waals surface area contributed by atoms with Crippen molar-refractivity contribution in [3.05, 3.63) is 24.3 Å². The highest BCUT2D eigenvalue weighted by Crippen LogP contribution is 2.22. The highest BCUT2D eigenvalue weighted by Gasteiger charge is 2.25. The van der Waals surface area contributed by atoms with Crippen LogP contribution in [0.25, 0.3) is 11.0 Å². The Balaban J connectivity index is 1.83. The zero-order chi connectivity index (χ0) is 11.0. The van der Waals surface area contributed by atoms with E-state index in [2.05, 4.69) is 15.3 Å². The summed E-state index contributed by atoms with van der Waals surface area (Å²) in [6.07, 6.45) is 2.74. The van der Waals surface area contributed by atoms with E-state index in [0.29, 0.717) is 0 Å². The number of nitrogens with one attached hydrogen (secondary N) is 2. The number of aliphatic hydroxyl groups is 1. The van der Waals surface area contributed by atoms with Gasteiger partial charge in [-0.15, -0.1) is 0 Å². The van der Waals surface area contributed by atoms with Gasteiger partial charge in [-0.3, -0.25) is 0 Å². The molecule has 0 amide bonds. The summed E-state index contributed by atoms with van der Waals surface area (Å²) in [7, 11) is 0. The van der Waals surface area contributed by atoms with Crippen LogP contribution in [0.2, 0.25) is 0 Å². The highest BCUT2D eigenvalue weighted by molar-refractivity contribution is 5.77. The molecular formula is C12H15N3O. The molecule has 1 aromatic carbocycles. The molecule has 0 radical (unpaired) electrons. The maximum absolute atomic E-state index is 9.72. The Hall–Kier alpha value is -1.55. The number of hydrogen-bond donors (Lipinski definition) is 3. The third-order valence-electron chi connectivity index (χ3n) is 3.19. The predicted molar refractivity (Wildman–Crippen MR) is 63.4 cm³/mol. The molecule has 16 heavy (non-hydrogen) atoms. The number of fused-ring (bicyclic) bond motifs is 1. The van der Waals surface area contributed by atoms with Crippen molar-refractivity contribution in [2.24, 2.45) is 0 Å². The van der Waals surface area contributed by atoms with Crippen molar-refractivity contribution >= 4 is 17.0 Å². The standard InChI is InChI=1S/C12H15N3O/c16-11-7-3-6-10(11)15-12-13-8-4-1-2-5-9(8)14-12/h1-2,4-5,10-11,16H,3,6-7H2,(H2,13,14,15)/t10-,11-/m1/s1. The van der Waals surface area contributed by atoms with Crippen molar-refractivity contribution in [2.75, 3.05) is 5.32 Å². The average Bonchev–Trinajstić information content (AvgIpc) is 2.85. The Morgan fingerprint density at radius 2 is 2.19 bits per heavy atom. The van der Waals surface area contributed by atoms with Crippen LogP contribution < -0.4 is 5.32 Å². The Kier molecular flexibility index (Phi) is 2.29. The lowest BCUT2D eigenvalue weighted by molar-refractivity contribution is 0.171. The third-order valence-corrected chi connectivity index (χ3v) is 3.19. The van der Waals surface area contributed by atoms with Gasteiger partial charge < -0.3 is 15.4 Å². The molecule has 3 N–H and O–H groups in total. The summed E-state index contributed by atoms with van der Waals surface area (Å²) in [4.78, 5) is 7.64. The van der Waals surface area contributed by atoms with E-state index in [0.717, 1.165) is 36.2 Å². The molecule has 4 nitrogen and oxygen atoms in total. The molecule has 1 heterocycles. The van der Waals surface area contributed by atoms with Crippen LogP contribution in [0, 0.1) is 0 Å². The number of aromatic nitrogens is 2. The predicted octanol–water partition coefficient (Wildman–Crippen LogP) is 1.89. The van der Waals surface area contributed by atoms with E-state index in [1.807, 2.05) is 24.3 Å². The normalized spacial score (nSPS) is 25.1. The second-order valence-electron chi connectivity index (χ2n) is 4.35. The number of benzene rings is 1. The maximum atomic E-state index is 9.72. The molecule has 0 unspecified atom stereocenters. The van der Waals surface area contributed by atoms with Crippen molar-refractivity contribution in [2.45, 2.75) is 31.4 Å². The van der Waals surface area contributed by atoms with Crippen LogP contribution >= 0.6 is 0 Å². The number of H-pyrrole nitrogens is 1. The summed E-state index contributed by atoms with van der Waals surface area (Å²) in [5.74, 6) is 0.757. The quantitative estimate of drug-likeness (QED) is 0.720. The monoisotopic (exact) mass is 217 g/mol. The van der Waals surface area contributed by atoms with E-state index in [4.69, 9.17) is 0 Å². The summed E-state index contributed by atoms with van der Waals surface area (Å²) in [5.41, 5.74) is 1.98. The van der Waals surface area contributed by atoms with Gasteiger partial charge in [0.15, 0.2) is 0 Å². The van der Waals surface area contributed by atoms with Crippen LogP contribution in [-0.4, -0.2) is 27.2 Å². The Morgan fingerprint density at radius 1 is 1.31 bits per heavy atom. The van der Waals surface area contributed by atoms with Crippen molar-refractivity contribution in [3.63, 3.8) is 0 Å². The lowest BCUT2D eigenvalue weighted by Crippen LogP contribution is -2.28. The number of rotatable bonds is 2. The van der Waals surface area contributed by atoms with Gasteiger partial charge >= 0.3 is 0 Å². The molecule has 2 aromatic rings. The van der Waals surface area contributed by atoms with E-state index in [1.54, 1.807) is 0 Å². The van der Waals surface area contributed by atoms with Gasteiger partial charge in [0.1, 0.15) is 0 Å². The molecule has 1 aliphatic rings. The second-order valence-corrected chi connectivity index (χ2v) is 4.35. The number of para-hydroxylation sites is 2. The molecule has 3 rings (SSSR count). The van der Waals surface area contributed by atoms with Crippen LogP contribution in [0.15, 0.2) is 24.3 Å². The lowest BCUT2D eigenvalue weighted by atomic mass is 10.2. The smallest absolute Gasteiger partial charge is 0.201 e. The van der Waals surface area contributed by atoms with Crippen molar-refractivity contribution < 1.29 is 5.11 Å². The zero-order valence-corrected chi connectivity index (χ0v) is 8.98. The Bertz CT molecular complexity index is 461. The van der Waals surface area contributed by atoms with Gasteiger partial charge in [0.05, 0.1) is 23.2 Å². The average molecular weight is 217 g/mol. The molecule has 1 saturated carbocycles. The number of hydrogen-bond acceptors (Lipinski definition) is 3. The van der Waals surface area contributed by atoms with Gasteiger partial charge in [-0.05, 0) is 31.4 Å². The molecule has 84 valence electrons. The van der Waals surface area contributed by atoms with Crippen LogP contribution in [0.3, 0.4) is 0 Å². The Morgan fingerprint density at radius 3 is 2.94 bits per heavy atom. The van der Waals surface area contributed by atoms with Gasteiger partial charge in [-0.25, -0.2) is 4.98 Å². The fourth-order valence-corrected chi connectivity index (χ4v) is 2.31. The number of aromatic amines is 1. The molecule has 2 atom stereocenters. The van der Waals surface area contributed by atoms with Crippen LogP contribution in [-0.2, 0) is 0 Å². The number of aliphatic hydroxyl groups excluding tert-OH is 1. The first-order chi connectivity index (χ1) is 7.83. The lowest BCUT2D eigenvalue weighted by Gasteiger charge is -2.15. The first kappa shape index (κ1) is 9.66. The summed E-state index contributed by atoms with van der Waals surface area (Å²) >= 11 is 0. The Labute approximate surface area is 93.7 Å². The summed E-state index contributed by atoms with van der Waals surface area (Å²) < 4.78 is 0. The second kappa shape index (κ2) is 3.79. The van der Waals surface area contributed by atoms with Crippen molar-refractivity contribution in [1.29, 1.82) is 0 Å². The van der Waals surface area contributed by atoms with Crippen LogP contribution in [0.5, 0.6) is 0 Å². The molecular weight excluding hydrogens is 202 g/mol. The highest BCUT2D eigenvalue weighted by atomic mass is 16.3. The summed E-state index contributed by atoms with van der Waals surface area (Å²) in [5, 5.41) is 13.0. The molecule has 0 bridgehead atoms. The van der Waals surface area contributed by atoms with E-state index in [1.165, 1.54) is 0 Å². The van der Waals surface area contributed by atoms with E-state index >= 15 is 0 Å². The number of nitrogens with zero attached hydrogens (tertiary/aromatic N) is 1. The minimum absolute atomic E-state index is 0.139. The van der Waals surface area contributed by atoms with Gasteiger partial charge in [0, 0.05) is 0 Å². The van der Waals surface area contributed by atoms with Crippen LogP contribution in [0.4, 0.5) is 5.95 Å². The molecule has 4 heteroatoms. The molecule has 1 aliphatic carbocycles. The number of imidazole rings is 1. The summed E-state index contributed by atoms with van der Waals surface area (Å²) in [6, 6.07) is 8.06. The summed E-state index contributed by atoms with van der Waals surface area (Å²) in [6.45, 7) is 0. The molecule has 1 fully saturated rings. The molecule has 0 aliphatic heterocycles. The maximum Gasteiger partial charge on any atom is 0.201 e. The molecule has 0 spiro atoms. The largest absolute Gasteiger partial charge is 0.391 e. The van der Waals surface area contributed by atoms with Crippen molar-refractivity contribution in [3.8, 4) is 0 Å². The molecule has 0 saturated heterocycles. The minimum Gasteiger partial charge on any atom is -0.391 e. The van der Waals surface area contributed by atoms with E-state index in [-0.39, 0.29) is 12.1 Å². The van der Waals surface area contributed by atoms with E-state index in [9.17, 15) is 5.11 Å². The van der Waals surface area contributed by atoms with Gasteiger partial charge in [-0.1, -0.05) is 12.1 Å². The van der Waals surface area contributed by atoms with Crippen molar-refractivity contribution in [1.82, 2.24) is 9.97 Å². The SMILES string of the molecule is O[C@@H]1CCC[C@H]1Nc1nc2ccccc2[nH]1. The number of anilines is 1. The van der Waals surface area contributed by atoms with Gasteiger partial charge in [0.2, 0.25) is 5.95 Å². The fourth-order valence-electron chi connectivity index (χ4n) is 2.31. The third kappa shape index (κ3) is 1.65. The first-order valence-electron chi connectivity index (χ1n) is 5.72. The fraction of sp³-hybridized carbons (Fsp3) is 0.417. The van der Waals surface area contributed by atoms with Gasteiger partial charge in [0.25, 0.3) is 0 Å². The molecule has 1 aromatic heterocycles. The van der Waals surface area contributed by atoms with Gasteiger partial charge in [-0.2, -0.15) is 0 Å². The minimum atomic E-state index is -0.242. The first-order valence-corrected chi connectivity index (χ1v) is 5.72. The topological polar surface area (TPSA) is 60.9 Å².